The van der Waals surface area contributed by atoms with Crippen molar-refractivity contribution in [2.75, 3.05) is 13.2 Å². The fourth-order valence-electron chi connectivity index (χ4n) is 2.48. The number of benzene rings is 1. The summed E-state index contributed by atoms with van der Waals surface area (Å²) in [5.41, 5.74) is 0. The zero-order chi connectivity index (χ0) is 15.1. The van der Waals surface area contributed by atoms with Crippen LogP contribution in [0.3, 0.4) is 0 Å². The van der Waals surface area contributed by atoms with Gasteiger partial charge in [-0.05, 0) is 37.1 Å². The van der Waals surface area contributed by atoms with Crippen molar-refractivity contribution in [3.63, 3.8) is 0 Å². The molecule has 0 saturated heterocycles. The minimum Gasteiger partial charge on any atom is -0.494 e. The molecule has 0 bridgehead atoms. The summed E-state index contributed by atoms with van der Waals surface area (Å²) in [6, 6.07) is 6.46. The van der Waals surface area contributed by atoms with Gasteiger partial charge in [0.25, 0.3) is 0 Å². The fraction of sp³-hybridized carbons (Fsp3) is 0.600. The molecule has 0 unspecified atom stereocenters. The molecular formula is C15H23NO4S. The zero-order valence-corrected chi connectivity index (χ0v) is 12.9. The van der Waals surface area contributed by atoms with Gasteiger partial charge in [-0.2, -0.15) is 0 Å². The molecule has 1 aromatic rings. The van der Waals surface area contributed by atoms with Gasteiger partial charge >= 0.3 is 0 Å². The van der Waals surface area contributed by atoms with E-state index in [0.29, 0.717) is 18.8 Å². The summed E-state index contributed by atoms with van der Waals surface area (Å²) in [4.78, 5) is 0.266. The van der Waals surface area contributed by atoms with E-state index in [0.717, 1.165) is 25.7 Å². The highest BCUT2D eigenvalue weighted by Gasteiger charge is 2.21. The normalized spacial score (nSPS) is 16.8. The third-order valence-corrected chi connectivity index (χ3v) is 5.17. The first-order chi connectivity index (χ1) is 10.1. The Morgan fingerprint density at radius 2 is 1.81 bits per heavy atom. The first-order valence-corrected chi connectivity index (χ1v) is 8.96. The number of rotatable bonds is 7. The summed E-state index contributed by atoms with van der Waals surface area (Å²) in [7, 11) is -3.45. The highest BCUT2D eigenvalue weighted by Crippen LogP contribution is 2.21. The van der Waals surface area contributed by atoms with Gasteiger partial charge in [-0.1, -0.05) is 19.3 Å². The Balaban J connectivity index is 1.95. The topological polar surface area (TPSA) is 75.6 Å². The minimum absolute atomic E-state index is 0.0595. The fourth-order valence-corrected chi connectivity index (χ4v) is 3.78. The molecule has 21 heavy (non-hydrogen) atoms. The van der Waals surface area contributed by atoms with E-state index in [1.807, 2.05) is 0 Å². The van der Waals surface area contributed by atoms with Crippen LogP contribution in [-0.2, 0) is 10.0 Å². The monoisotopic (exact) mass is 313 g/mol. The van der Waals surface area contributed by atoms with Gasteiger partial charge in [-0.15, -0.1) is 0 Å². The molecule has 0 aliphatic heterocycles. The van der Waals surface area contributed by atoms with Crippen LogP contribution in [0.15, 0.2) is 29.2 Å². The van der Waals surface area contributed by atoms with Crippen LogP contribution in [0, 0.1) is 0 Å². The lowest BCUT2D eigenvalue weighted by molar-refractivity contribution is 0.233. The maximum Gasteiger partial charge on any atom is 0.240 e. The van der Waals surface area contributed by atoms with E-state index in [4.69, 9.17) is 9.84 Å². The Hall–Kier alpha value is -1.11. The van der Waals surface area contributed by atoms with Gasteiger partial charge in [0.1, 0.15) is 5.75 Å². The maximum absolute atomic E-state index is 12.3. The molecule has 1 fully saturated rings. The predicted octanol–water partition coefficient (Wildman–Crippen LogP) is 2.06. The van der Waals surface area contributed by atoms with E-state index >= 15 is 0 Å². The summed E-state index contributed by atoms with van der Waals surface area (Å²) in [5.74, 6) is 0.611. The van der Waals surface area contributed by atoms with Crippen molar-refractivity contribution in [2.24, 2.45) is 0 Å². The van der Waals surface area contributed by atoms with Crippen molar-refractivity contribution >= 4 is 10.0 Å². The Bertz CT molecular complexity index is 521. The van der Waals surface area contributed by atoms with Crippen LogP contribution in [0.5, 0.6) is 5.75 Å². The quantitative estimate of drug-likeness (QED) is 0.756. The molecule has 1 aromatic carbocycles. The molecule has 0 atom stereocenters. The van der Waals surface area contributed by atoms with Crippen LogP contribution in [-0.4, -0.2) is 32.8 Å². The minimum atomic E-state index is -3.45. The van der Waals surface area contributed by atoms with Crippen molar-refractivity contribution in [1.82, 2.24) is 4.72 Å². The van der Waals surface area contributed by atoms with Gasteiger partial charge < -0.3 is 9.84 Å². The Labute approximate surface area is 126 Å². The highest BCUT2D eigenvalue weighted by atomic mass is 32.2. The summed E-state index contributed by atoms with van der Waals surface area (Å²) in [5, 5.41) is 8.68. The van der Waals surface area contributed by atoms with E-state index in [-0.39, 0.29) is 17.5 Å². The van der Waals surface area contributed by atoms with E-state index in [1.54, 1.807) is 24.3 Å². The number of hydrogen-bond donors (Lipinski definition) is 2. The third-order valence-electron chi connectivity index (χ3n) is 3.63. The SMILES string of the molecule is O=S(=O)(NC1CCCCC1)c1ccc(OCCCO)cc1. The van der Waals surface area contributed by atoms with Crippen LogP contribution >= 0.6 is 0 Å². The van der Waals surface area contributed by atoms with Crippen molar-refractivity contribution in [2.45, 2.75) is 49.5 Å². The first-order valence-electron chi connectivity index (χ1n) is 7.48. The van der Waals surface area contributed by atoms with Crippen LogP contribution < -0.4 is 9.46 Å². The highest BCUT2D eigenvalue weighted by molar-refractivity contribution is 7.89. The molecule has 118 valence electrons. The van der Waals surface area contributed by atoms with Crippen LogP contribution in [0.2, 0.25) is 0 Å². The van der Waals surface area contributed by atoms with E-state index in [2.05, 4.69) is 4.72 Å². The molecule has 1 saturated carbocycles. The number of ether oxygens (including phenoxy) is 1. The van der Waals surface area contributed by atoms with Crippen molar-refractivity contribution in [1.29, 1.82) is 0 Å². The smallest absolute Gasteiger partial charge is 0.240 e. The molecule has 2 rings (SSSR count). The summed E-state index contributed by atoms with van der Waals surface area (Å²) in [6.45, 7) is 0.501. The van der Waals surface area contributed by atoms with Crippen LogP contribution in [0.25, 0.3) is 0 Å². The largest absolute Gasteiger partial charge is 0.494 e. The third kappa shape index (κ3) is 4.98. The van der Waals surface area contributed by atoms with Crippen molar-refractivity contribution in [3.05, 3.63) is 24.3 Å². The molecular weight excluding hydrogens is 290 g/mol. The maximum atomic E-state index is 12.3. The van der Waals surface area contributed by atoms with Gasteiger partial charge in [0.2, 0.25) is 10.0 Å². The lowest BCUT2D eigenvalue weighted by Gasteiger charge is -2.22. The molecule has 1 aliphatic carbocycles. The van der Waals surface area contributed by atoms with E-state index < -0.39 is 10.0 Å². The Morgan fingerprint density at radius 3 is 2.43 bits per heavy atom. The lowest BCUT2D eigenvalue weighted by Crippen LogP contribution is -2.36. The van der Waals surface area contributed by atoms with E-state index in [9.17, 15) is 8.42 Å². The second-order valence-corrected chi connectivity index (χ2v) is 7.07. The number of sulfonamides is 1. The molecule has 0 aromatic heterocycles. The molecule has 0 amide bonds. The van der Waals surface area contributed by atoms with Gasteiger partial charge in [-0.25, -0.2) is 13.1 Å². The summed E-state index contributed by atoms with van der Waals surface area (Å²) < 4.78 is 32.7. The molecule has 2 N–H and O–H groups in total. The number of hydrogen-bond acceptors (Lipinski definition) is 4. The molecule has 0 heterocycles. The standard InChI is InChI=1S/C15H23NO4S/c17-11-4-12-20-14-7-9-15(10-8-14)21(18,19)16-13-5-2-1-3-6-13/h7-10,13,16-17H,1-6,11-12H2. The van der Waals surface area contributed by atoms with Gasteiger partial charge in [0.15, 0.2) is 0 Å². The van der Waals surface area contributed by atoms with Gasteiger partial charge in [0.05, 0.1) is 11.5 Å². The number of nitrogens with one attached hydrogen (secondary N) is 1. The molecule has 5 nitrogen and oxygen atoms in total. The summed E-state index contributed by atoms with van der Waals surface area (Å²) >= 11 is 0. The first kappa shape index (κ1) is 16.3. The number of aliphatic hydroxyl groups excluding tert-OH is 1. The zero-order valence-electron chi connectivity index (χ0n) is 12.1. The average molecular weight is 313 g/mol. The summed E-state index contributed by atoms with van der Waals surface area (Å²) in [6.07, 6.45) is 5.76. The van der Waals surface area contributed by atoms with Crippen LogP contribution in [0.1, 0.15) is 38.5 Å². The molecule has 0 radical (unpaired) electrons. The number of aliphatic hydroxyl groups is 1. The Kier molecular flexibility index (Phi) is 6.02. The van der Waals surface area contributed by atoms with Crippen LogP contribution in [0.4, 0.5) is 0 Å². The van der Waals surface area contributed by atoms with Gasteiger partial charge in [0, 0.05) is 19.1 Å². The second-order valence-electron chi connectivity index (χ2n) is 5.35. The molecule has 1 aliphatic rings. The van der Waals surface area contributed by atoms with Crippen molar-refractivity contribution in [3.8, 4) is 5.75 Å². The van der Waals surface area contributed by atoms with E-state index in [1.165, 1.54) is 6.42 Å². The predicted molar refractivity (Wildman–Crippen MR) is 80.8 cm³/mol. The average Bonchev–Trinajstić information content (AvgIpc) is 2.49. The second kappa shape index (κ2) is 7.77. The Morgan fingerprint density at radius 1 is 1.14 bits per heavy atom. The lowest BCUT2D eigenvalue weighted by atomic mass is 9.96. The molecule has 6 heteroatoms. The van der Waals surface area contributed by atoms with Crippen molar-refractivity contribution < 1.29 is 18.3 Å². The molecule has 0 spiro atoms. The van der Waals surface area contributed by atoms with Gasteiger partial charge in [-0.3, -0.25) is 0 Å².